The van der Waals surface area contributed by atoms with Crippen molar-refractivity contribution in [1.29, 1.82) is 0 Å². The number of hydrogen-bond donors (Lipinski definition) is 1. The Morgan fingerprint density at radius 2 is 2.05 bits per heavy atom. The van der Waals surface area contributed by atoms with Crippen LogP contribution in [0.5, 0.6) is 0 Å². The van der Waals surface area contributed by atoms with E-state index in [4.69, 9.17) is 0 Å². The fourth-order valence-corrected chi connectivity index (χ4v) is 4.49. The van der Waals surface area contributed by atoms with Crippen molar-refractivity contribution in [3.8, 4) is 0 Å². The first kappa shape index (κ1) is 15.0. The normalized spacial score (nSPS) is 12.7. The Morgan fingerprint density at radius 3 is 2.86 bits per heavy atom. The zero-order valence-corrected chi connectivity index (χ0v) is 14.4. The molecule has 3 rings (SSSR count). The SMILES string of the molecule is OC(CSc1cccc(Br)c1)Cc1nc2ccccc2s1. The van der Waals surface area contributed by atoms with Crippen LogP contribution < -0.4 is 0 Å². The number of nitrogens with zero attached hydrogens (tertiary/aromatic N) is 1. The van der Waals surface area contributed by atoms with Gasteiger partial charge in [-0.1, -0.05) is 34.1 Å². The molecule has 0 saturated carbocycles. The van der Waals surface area contributed by atoms with Crippen LogP contribution in [0.4, 0.5) is 0 Å². The summed E-state index contributed by atoms with van der Waals surface area (Å²) in [6, 6.07) is 16.2. The second-order valence-electron chi connectivity index (χ2n) is 4.70. The smallest absolute Gasteiger partial charge is 0.0964 e. The van der Waals surface area contributed by atoms with E-state index >= 15 is 0 Å². The van der Waals surface area contributed by atoms with Gasteiger partial charge in [-0.15, -0.1) is 23.1 Å². The molecule has 2 aromatic carbocycles. The second-order valence-corrected chi connectivity index (χ2v) is 7.83. The molecule has 0 amide bonds. The monoisotopic (exact) mass is 379 g/mol. The highest BCUT2D eigenvalue weighted by atomic mass is 79.9. The van der Waals surface area contributed by atoms with Crippen molar-refractivity contribution in [3.05, 3.63) is 58.0 Å². The second kappa shape index (κ2) is 6.92. The van der Waals surface area contributed by atoms with Gasteiger partial charge in [-0.2, -0.15) is 0 Å². The molecule has 1 N–H and O–H groups in total. The number of thioether (sulfide) groups is 1. The summed E-state index contributed by atoms with van der Waals surface area (Å²) in [4.78, 5) is 5.72. The van der Waals surface area contributed by atoms with Crippen LogP contribution in [0.25, 0.3) is 10.2 Å². The van der Waals surface area contributed by atoms with E-state index in [9.17, 15) is 5.11 Å². The zero-order valence-electron chi connectivity index (χ0n) is 11.2. The number of aliphatic hydroxyl groups is 1. The standard InChI is InChI=1S/C16H14BrNOS2/c17-11-4-3-5-13(8-11)20-10-12(19)9-16-18-14-6-1-2-7-15(14)21-16/h1-8,12,19H,9-10H2. The summed E-state index contributed by atoms with van der Waals surface area (Å²) in [6.45, 7) is 0. The highest BCUT2D eigenvalue weighted by Crippen LogP contribution is 2.25. The Balaban J connectivity index is 1.59. The fraction of sp³-hybridized carbons (Fsp3) is 0.188. The van der Waals surface area contributed by atoms with Crippen LogP contribution in [0.15, 0.2) is 57.9 Å². The molecule has 3 aromatic rings. The quantitative estimate of drug-likeness (QED) is 0.649. The average molecular weight is 380 g/mol. The summed E-state index contributed by atoms with van der Waals surface area (Å²) in [5.41, 5.74) is 1.02. The molecule has 0 bridgehead atoms. The summed E-state index contributed by atoms with van der Waals surface area (Å²) in [5.74, 6) is 0.673. The molecule has 1 unspecified atom stereocenters. The van der Waals surface area contributed by atoms with Crippen LogP contribution >= 0.6 is 39.0 Å². The summed E-state index contributed by atoms with van der Waals surface area (Å²) in [7, 11) is 0. The van der Waals surface area contributed by atoms with Gasteiger partial charge in [0.2, 0.25) is 0 Å². The Morgan fingerprint density at radius 1 is 1.19 bits per heavy atom. The minimum atomic E-state index is -0.380. The summed E-state index contributed by atoms with van der Waals surface area (Å²) in [5, 5.41) is 11.2. The lowest BCUT2D eigenvalue weighted by atomic mass is 10.3. The Bertz CT molecular complexity index is 711. The third kappa shape index (κ3) is 4.07. The van der Waals surface area contributed by atoms with Crippen LogP contribution in [0.1, 0.15) is 5.01 Å². The summed E-state index contributed by atoms with van der Waals surface area (Å²) >= 11 is 6.79. The number of aromatic nitrogens is 1. The van der Waals surface area contributed by atoms with E-state index in [0.29, 0.717) is 12.2 Å². The van der Waals surface area contributed by atoms with Crippen molar-refractivity contribution in [1.82, 2.24) is 4.98 Å². The van der Waals surface area contributed by atoms with Crippen molar-refractivity contribution in [2.75, 3.05) is 5.75 Å². The molecule has 108 valence electrons. The highest BCUT2D eigenvalue weighted by Gasteiger charge is 2.10. The van der Waals surface area contributed by atoms with Crippen LogP contribution in [-0.2, 0) is 6.42 Å². The number of benzene rings is 2. The number of hydrogen-bond acceptors (Lipinski definition) is 4. The predicted molar refractivity (Wildman–Crippen MR) is 94.2 cm³/mol. The molecule has 0 saturated heterocycles. The van der Waals surface area contributed by atoms with Crippen molar-refractivity contribution < 1.29 is 5.11 Å². The van der Waals surface area contributed by atoms with E-state index in [1.807, 2.05) is 30.3 Å². The lowest BCUT2D eigenvalue weighted by Crippen LogP contribution is -2.13. The maximum atomic E-state index is 10.2. The molecule has 1 aromatic heterocycles. The molecular formula is C16H14BrNOS2. The maximum Gasteiger partial charge on any atom is 0.0964 e. The minimum Gasteiger partial charge on any atom is -0.392 e. The van der Waals surface area contributed by atoms with Crippen molar-refractivity contribution in [2.24, 2.45) is 0 Å². The number of para-hydroxylation sites is 1. The molecular weight excluding hydrogens is 366 g/mol. The van der Waals surface area contributed by atoms with Gasteiger partial charge in [0.25, 0.3) is 0 Å². The van der Waals surface area contributed by atoms with E-state index in [0.717, 1.165) is 19.9 Å². The fourth-order valence-electron chi connectivity index (χ4n) is 2.02. The average Bonchev–Trinajstić information content (AvgIpc) is 2.87. The molecule has 2 nitrogen and oxygen atoms in total. The largest absolute Gasteiger partial charge is 0.392 e. The molecule has 0 spiro atoms. The van der Waals surface area contributed by atoms with Gasteiger partial charge in [0.05, 0.1) is 21.3 Å². The van der Waals surface area contributed by atoms with E-state index < -0.39 is 0 Å². The lowest BCUT2D eigenvalue weighted by molar-refractivity contribution is 0.200. The predicted octanol–water partition coefficient (Wildman–Crippen LogP) is 4.75. The highest BCUT2D eigenvalue weighted by molar-refractivity contribution is 9.10. The number of fused-ring (bicyclic) bond motifs is 1. The third-order valence-corrected chi connectivity index (χ3v) is 5.68. The van der Waals surface area contributed by atoms with E-state index in [2.05, 4.69) is 39.1 Å². The van der Waals surface area contributed by atoms with Gasteiger partial charge in [0.1, 0.15) is 0 Å². The first-order chi connectivity index (χ1) is 10.2. The molecule has 0 fully saturated rings. The van der Waals surface area contributed by atoms with Gasteiger partial charge in [0.15, 0.2) is 0 Å². The number of halogens is 1. The molecule has 0 radical (unpaired) electrons. The van der Waals surface area contributed by atoms with Crippen molar-refractivity contribution >= 4 is 49.2 Å². The minimum absolute atomic E-state index is 0.380. The first-order valence-electron chi connectivity index (χ1n) is 6.61. The molecule has 0 aliphatic carbocycles. The number of rotatable bonds is 5. The molecule has 5 heteroatoms. The van der Waals surface area contributed by atoms with Gasteiger partial charge in [-0.3, -0.25) is 0 Å². The van der Waals surface area contributed by atoms with Crippen molar-refractivity contribution in [2.45, 2.75) is 17.4 Å². The molecule has 21 heavy (non-hydrogen) atoms. The molecule has 0 aliphatic heterocycles. The van der Waals surface area contributed by atoms with Gasteiger partial charge >= 0.3 is 0 Å². The summed E-state index contributed by atoms with van der Waals surface area (Å²) in [6.07, 6.45) is 0.231. The summed E-state index contributed by atoms with van der Waals surface area (Å²) < 4.78 is 2.24. The zero-order chi connectivity index (χ0) is 14.7. The van der Waals surface area contributed by atoms with Gasteiger partial charge in [-0.05, 0) is 30.3 Å². The Labute approximate surface area is 140 Å². The number of thiazole rings is 1. The first-order valence-corrected chi connectivity index (χ1v) is 9.21. The van der Waals surface area contributed by atoms with Crippen LogP contribution in [-0.4, -0.2) is 21.9 Å². The van der Waals surface area contributed by atoms with Gasteiger partial charge < -0.3 is 5.11 Å². The Kier molecular flexibility index (Phi) is 4.95. The van der Waals surface area contributed by atoms with E-state index in [-0.39, 0.29) is 6.10 Å². The van der Waals surface area contributed by atoms with Crippen LogP contribution in [0.3, 0.4) is 0 Å². The number of aliphatic hydroxyl groups excluding tert-OH is 1. The lowest BCUT2D eigenvalue weighted by Gasteiger charge is -2.08. The van der Waals surface area contributed by atoms with Gasteiger partial charge in [-0.25, -0.2) is 4.98 Å². The molecule has 0 aliphatic rings. The Hall–Kier alpha value is -0.880. The third-order valence-electron chi connectivity index (χ3n) is 2.99. The van der Waals surface area contributed by atoms with E-state index in [1.54, 1.807) is 23.1 Å². The topological polar surface area (TPSA) is 33.1 Å². The molecule has 1 heterocycles. The van der Waals surface area contributed by atoms with Gasteiger partial charge in [0, 0.05) is 21.5 Å². The van der Waals surface area contributed by atoms with Crippen LogP contribution in [0, 0.1) is 0 Å². The van der Waals surface area contributed by atoms with Crippen molar-refractivity contribution in [3.63, 3.8) is 0 Å². The van der Waals surface area contributed by atoms with E-state index in [1.165, 1.54) is 4.70 Å². The maximum absolute atomic E-state index is 10.2. The van der Waals surface area contributed by atoms with Crippen LogP contribution in [0.2, 0.25) is 0 Å². The molecule has 1 atom stereocenters.